The van der Waals surface area contributed by atoms with Gasteiger partial charge in [-0.25, -0.2) is 8.42 Å². The monoisotopic (exact) mass is 567 g/mol. The first-order valence-electron chi connectivity index (χ1n) is 12.3. The normalized spacial score (nSPS) is 15.0. The second kappa shape index (κ2) is 14.5. The van der Waals surface area contributed by atoms with E-state index in [1.54, 1.807) is 38.3 Å². The van der Waals surface area contributed by atoms with Gasteiger partial charge in [-0.3, -0.25) is 9.59 Å². The van der Waals surface area contributed by atoms with Gasteiger partial charge in [-0.05, 0) is 55.3 Å². The fourth-order valence-electron chi connectivity index (χ4n) is 3.82. The number of sulfonamides is 1. The van der Waals surface area contributed by atoms with Gasteiger partial charge in [-0.15, -0.1) is 0 Å². The molecule has 0 radical (unpaired) electrons. The van der Waals surface area contributed by atoms with E-state index in [0.29, 0.717) is 56.6 Å². The van der Waals surface area contributed by atoms with E-state index >= 15 is 0 Å². The number of nitrogens with zero attached hydrogens (tertiary/aromatic N) is 2. The van der Waals surface area contributed by atoms with Crippen molar-refractivity contribution in [3.05, 3.63) is 59.1 Å². The van der Waals surface area contributed by atoms with Crippen molar-refractivity contribution in [3.63, 3.8) is 0 Å². The zero-order valence-electron chi connectivity index (χ0n) is 21.6. The van der Waals surface area contributed by atoms with Gasteiger partial charge in [0.15, 0.2) is 6.61 Å². The minimum absolute atomic E-state index is 0.140. The van der Waals surface area contributed by atoms with Crippen molar-refractivity contribution in [2.75, 3.05) is 53.2 Å². The van der Waals surface area contributed by atoms with Crippen molar-refractivity contribution in [1.29, 1.82) is 0 Å². The van der Waals surface area contributed by atoms with Crippen LogP contribution in [0.1, 0.15) is 18.9 Å². The third kappa shape index (κ3) is 8.40. The maximum atomic E-state index is 13.2. The predicted octanol–water partition coefficient (Wildman–Crippen LogP) is 2.31. The van der Waals surface area contributed by atoms with Crippen LogP contribution in [0.15, 0.2) is 53.4 Å². The van der Waals surface area contributed by atoms with Gasteiger partial charge >= 0.3 is 0 Å². The Bertz CT molecular complexity index is 1150. The van der Waals surface area contributed by atoms with Crippen LogP contribution in [-0.2, 0) is 35.6 Å². The molecule has 1 aliphatic heterocycles. The summed E-state index contributed by atoms with van der Waals surface area (Å²) >= 11 is 5.99. The van der Waals surface area contributed by atoms with Crippen molar-refractivity contribution in [3.8, 4) is 5.75 Å². The standard InChI is InChI=1S/C26H34ClN3O7S/c1-20(26(32)28-12-3-15-35-2)30(18-21-4-6-22(27)7-5-21)25(31)19-37-23-8-10-24(11-9-23)38(33,34)29-13-16-36-17-14-29/h4-11,20H,3,12-19H2,1-2H3,(H,28,32)/t20-/m0/s1. The van der Waals surface area contributed by atoms with Crippen molar-refractivity contribution in [2.45, 2.75) is 30.8 Å². The second-order valence-corrected chi connectivity index (χ2v) is 11.1. The zero-order chi connectivity index (χ0) is 27.5. The molecule has 0 aliphatic carbocycles. The van der Waals surface area contributed by atoms with Gasteiger partial charge in [0.05, 0.1) is 18.1 Å². The van der Waals surface area contributed by atoms with Crippen molar-refractivity contribution in [1.82, 2.24) is 14.5 Å². The molecule has 1 heterocycles. The van der Waals surface area contributed by atoms with E-state index in [1.807, 2.05) is 0 Å². The molecule has 0 aromatic heterocycles. The zero-order valence-corrected chi connectivity index (χ0v) is 23.2. The van der Waals surface area contributed by atoms with Crippen LogP contribution in [0.25, 0.3) is 0 Å². The van der Waals surface area contributed by atoms with E-state index in [9.17, 15) is 18.0 Å². The molecule has 1 fully saturated rings. The summed E-state index contributed by atoms with van der Waals surface area (Å²) in [6, 6.07) is 12.2. The molecule has 38 heavy (non-hydrogen) atoms. The van der Waals surface area contributed by atoms with Crippen LogP contribution in [0.5, 0.6) is 5.75 Å². The first-order chi connectivity index (χ1) is 18.2. The topological polar surface area (TPSA) is 114 Å². The summed E-state index contributed by atoms with van der Waals surface area (Å²) in [5.74, 6) is -0.354. The summed E-state index contributed by atoms with van der Waals surface area (Å²) in [6.07, 6.45) is 0.653. The van der Waals surface area contributed by atoms with Crippen LogP contribution in [0.2, 0.25) is 5.02 Å². The number of morpholine rings is 1. The van der Waals surface area contributed by atoms with Crippen molar-refractivity contribution >= 4 is 33.4 Å². The number of rotatable bonds is 13. The predicted molar refractivity (Wildman–Crippen MR) is 142 cm³/mol. The highest BCUT2D eigenvalue weighted by Crippen LogP contribution is 2.21. The van der Waals surface area contributed by atoms with Crippen LogP contribution < -0.4 is 10.1 Å². The van der Waals surface area contributed by atoms with Crippen LogP contribution in [0, 0.1) is 0 Å². The minimum atomic E-state index is -3.63. The molecule has 2 aromatic rings. The molecule has 10 nitrogen and oxygen atoms in total. The van der Waals surface area contributed by atoms with Gasteiger partial charge in [-0.1, -0.05) is 23.7 Å². The summed E-state index contributed by atoms with van der Waals surface area (Å²) in [7, 11) is -2.04. The third-order valence-electron chi connectivity index (χ3n) is 6.05. The Labute approximate surface area is 228 Å². The molecular weight excluding hydrogens is 534 g/mol. The maximum Gasteiger partial charge on any atom is 0.261 e. The summed E-state index contributed by atoms with van der Waals surface area (Å²) < 4.78 is 42.9. The first-order valence-corrected chi connectivity index (χ1v) is 14.2. The number of nitrogens with one attached hydrogen (secondary N) is 1. The smallest absolute Gasteiger partial charge is 0.261 e. The number of carbonyl (C=O) groups excluding carboxylic acids is 2. The lowest BCUT2D eigenvalue weighted by atomic mass is 10.1. The lowest BCUT2D eigenvalue weighted by Crippen LogP contribution is -2.49. The van der Waals surface area contributed by atoms with Crippen LogP contribution in [0.3, 0.4) is 0 Å². The average molecular weight is 568 g/mol. The van der Waals surface area contributed by atoms with Crippen LogP contribution >= 0.6 is 11.6 Å². The number of hydrogen-bond donors (Lipinski definition) is 1. The first kappa shape index (κ1) is 29.9. The Balaban J connectivity index is 1.65. The second-order valence-electron chi connectivity index (χ2n) is 8.74. The van der Waals surface area contributed by atoms with Gasteiger partial charge < -0.3 is 24.4 Å². The molecule has 1 atom stereocenters. The number of hydrogen-bond acceptors (Lipinski definition) is 7. The van der Waals surface area contributed by atoms with Crippen molar-refractivity contribution < 1.29 is 32.2 Å². The van der Waals surface area contributed by atoms with E-state index in [0.717, 1.165) is 5.56 Å². The molecule has 0 spiro atoms. The van der Waals surface area contributed by atoms with Crippen LogP contribution in [-0.4, -0.2) is 88.7 Å². The van der Waals surface area contributed by atoms with Gasteiger partial charge in [0.2, 0.25) is 15.9 Å². The lowest BCUT2D eigenvalue weighted by molar-refractivity contribution is -0.142. The van der Waals surface area contributed by atoms with Gasteiger partial charge in [0.25, 0.3) is 5.91 Å². The average Bonchev–Trinajstić information content (AvgIpc) is 2.94. The Hall–Kier alpha value is -2.70. The molecule has 2 amide bonds. The molecule has 0 saturated carbocycles. The fraction of sp³-hybridized carbons (Fsp3) is 0.462. The van der Waals surface area contributed by atoms with Gasteiger partial charge in [0.1, 0.15) is 11.8 Å². The molecule has 3 rings (SSSR count). The summed E-state index contributed by atoms with van der Waals surface area (Å²) in [5.41, 5.74) is 0.805. The third-order valence-corrected chi connectivity index (χ3v) is 8.22. The highest BCUT2D eigenvalue weighted by molar-refractivity contribution is 7.89. The number of ether oxygens (including phenoxy) is 3. The molecular formula is C26H34ClN3O7S. The molecule has 12 heteroatoms. The quantitative estimate of drug-likeness (QED) is 0.369. The number of halogens is 1. The Kier molecular flexibility index (Phi) is 11.4. The Morgan fingerprint density at radius 3 is 2.39 bits per heavy atom. The number of benzene rings is 2. The maximum absolute atomic E-state index is 13.2. The Morgan fingerprint density at radius 2 is 1.76 bits per heavy atom. The summed E-state index contributed by atoms with van der Waals surface area (Å²) in [5, 5.41) is 3.39. The molecule has 2 aromatic carbocycles. The Morgan fingerprint density at radius 1 is 1.11 bits per heavy atom. The van der Waals surface area contributed by atoms with Gasteiger partial charge in [0, 0.05) is 44.9 Å². The summed E-state index contributed by atoms with van der Waals surface area (Å²) in [4.78, 5) is 27.5. The number of amides is 2. The van der Waals surface area contributed by atoms with Crippen molar-refractivity contribution in [2.24, 2.45) is 0 Å². The molecule has 0 bridgehead atoms. The molecule has 1 N–H and O–H groups in total. The summed E-state index contributed by atoms with van der Waals surface area (Å²) in [6.45, 7) is 3.78. The van der Waals surface area contributed by atoms with Gasteiger partial charge in [-0.2, -0.15) is 4.31 Å². The van der Waals surface area contributed by atoms with Crippen LogP contribution in [0.4, 0.5) is 0 Å². The largest absolute Gasteiger partial charge is 0.484 e. The number of carbonyl (C=O) groups is 2. The van der Waals surface area contributed by atoms with E-state index in [1.165, 1.54) is 33.5 Å². The van der Waals surface area contributed by atoms with E-state index in [4.69, 9.17) is 25.8 Å². The lowest BCUT2D eigenvalue weighted by Gasteiger charge is -2.29. The number of methoxy groups -OCH3 is 1. The highest BCUT2D eigenvalue weighted by atomic mass is 35.5. The molecule has 208 valence electrons. The molecule has 1 aliphatic rings. The van der Waals surface area contributed by atoms with E-state index < -0.39 is 22.0 Å². The molecule has 0 unspecified atom stereocenters. The SMILES string of the molecule is COCCCNC(=O)[C@H](C)N(Cc1ccc(Cl)cc1)C(=O)COc1ccc(S(=O)(=O)N2CCOCC2)cc1. The highest BCUT2D eigenvalue weighted by Gasteiger charge is 2.28. The minimum Gasteiger partial charge on any atom is -0.484 e. The van der Waals surface area contributed by atoms with E-state index in [2.05, 4.69) is 5.32 Å². The van der Waals surface area contributed by atoms with E-state index in [-0.39, 0.29) is 24.0 Å². The molecule has 1 saturated heterocycles. The fourth-order valence-corrected chi connectivity index (χ4v) is 5.35.